The van der Waals surface area contributed by atoms with Crippen molar-refractivity contribution in [2.45, 2.75) is 6.42 Å². The molecule has 0 radical (unpaired) electrons. The third kappa shape index (κ3) is 2.21. The Bertz CT molecular complexity index is 591. The van der Waals surface area contributed by atoms with Crippen LogP contribution in [-0.2, 0) is 7.05 Å². The lowest BCUT2D eigenvalue weighted by Gasteiger charge is -2.20. The molecule has 0 bridgehead atoms. The Morgan fingerprint density at radius 3 is 2.79 bits per heavy atom. The van der Waals surface area contributed by atoms with Gasteiger partial charge in [-0.2, -0.15) is 15.1 Å². The Hall–Kier alpha value is -1.89. The van der Waals surface area contributed by atoms with E-state index in [0.29, 0.717) is 11.8 Å². The van der Waals surface area contributed by atoms with Crippen LogP contribution in [0.15, 0.2) is 6.20 Å². The number of nitrogens with two attached hydrogens (primary N) is 1. The fourth-order valence-electron chi connectivity index (χ4n) is 2.42. The Morgan fingerprint density at radius 2 is 1.95 bits per heavy atom. The van der Waals surface area contributed by atoms with E-state index >= 15 is 0 Å². The molecule has 0 amide bonds. The van der Waals surface area contributed by atoms with Gasteiger partial charge in [-0.05, 0) is 20.0 Å². The van der Waals surface area contributed by atoms with E-state index in [2.05, 4.69) is 31.9 Å². The van der Waals surface area contributed by atoms with Crippen LogP contribution in [0.2, 0.25) is 0 Å². The van der Waals surface area contributed by atoms with E-state index in [4.69, 9.17) is 5.73 Å². The number of aromatic nitrogens is 4. The largest absolute Gasteiger partial charge is 0.383 e. The molecule has 2 aromatic heterocycles. The van der Waals surface area contributed by atoms with E-state index in [1.165, 1.54) is 0 Å². The molecule has 3 heterocycles. The summed E-state index contributed by atoms with van der Waals surface area (Å²) in [5.74, 6) is 1.22. The summed E-state index contributed by atoms with van der Waals surface area (Å²) >= 11 is 0. The van der Waals surface area contributed by atoms with Crippen molar-refractivity contribution in [1.82, 2.24) is 24.6 Å². The van der Waals surface area contributed by atoms with Gasteiger partial charge in [-0.25, -0.2) is 0 Å². The molecule has 3 rings (SSSR count). The average Bonchev–Trinajstić information content (AvgIpc) is 2.62. The van der Waals surface area contributed by atoms with E-state index in [0.717, 1.165) is 43.6 Å². The number of hydrogen-bond acceptors (Lipinski definition) is 6. The number of anilines is 2. The van der Waals surface area contributed by atoms with E-state index in [1.54, 1.807) is 10.9 Å². The quantitative estimate of drug-likeness (QED) is 0.784. The molecule has 19 heavy (non-hydrogen) atoms. The van der Waals surface area contributed by atoms with Crippen LogP contribution >= 0.6 is 0 Å². The number of nitrogens with zero attached hydrogens (tertiary/aromatic N) is 6. The van der Waals surface area contributed by atoms with Crippen LogP contribution in [0.5, 0.6) is 0 Å². The predicted molar refractivity (Wildman–Crippen MR) is 75.0 cm³/mol. The summed E-state index contributed by atoms with van der Waals surface area (Å²) < 4.78 is 1.74. The van der Waals surface area contributed by atoms with Gasteiger partial charge < -0.3 is 15.5 Å². The average molecular weight is 261 g/mol. The first-order chi connectivity index (χ1) is 9.15. The second-order valence-electron chi connectivity index (χ2n) is 5.06. The molecule has 2 aromatic rings. The molecule has 7 nitrogen and oxygen atoms in total. The molecule has 1 saturated heterocycles. The van der Waals surface area contributed by atoms with Crippen molar-refractivity contribution < 1.29 is 0 Å². The highest BCUT2D eigenvalue weighted by Crippen LogP contribution is 2.21. The second-order valence-corrected chi connectivity index (χ2v) is 5.06. The third-order valence-corrected chi connectivity index (χ3v) is 3.61. The van der Waals surface area contributed by atoms with Crippen LogP contribution in [0.4, 0.5) is 11.8 Å². The van der Waals surface area contributed by atoms with Crippen molar-refractivity contribution >= 4 is 22.8 Å². The van der Waals surface area contributed by atoms with Gasteiger partial charge in [0.05, 0.1) is 11.6 Å². The van der Waals surface area contributed by atoms with Crippen LogP contribution in [0, 0.1) is 0 Å². The number of likely N-dealkylation sites (N-methyl/N-ethyl adjacent to an activating group) is 1. The number of fused-ring (bicyclic) bond motifs is 1. The van der Waals surface area contributed by atoms with Crippen LogP contribution in [0.25, 0.3) is 11.0 Å². The monoisotopic (exact) mass is 261 g/mol. The summed E-state index contributed by atoms with van der Waals surface area (Å²) in [6.07, 6.45) is 2.83. The van der Waals surface area contributed by atoms with Gasteiger partial charge in [-0.1, -0.05) is 0 Å². The number of rotatable bonds is 1. The maximum absolute atomic E-state index is 6.00. The van der Waals surface area contributed by atoms with Crippen LogP contribution in [-0.4, -0.2) is 57.9 Å². The van der Waals surface area contributed by atoms with Crippen molar-refractivity contribution in [2.75, 3.05) is 43.9 Å². The minimum atomic E-state index is 0.505. The Labute approximate surface area is 112 Å². The van der Waals surface area contributed by atoms with Crippen LogP contribution < -0.4 is 10.6 Å². The third-order valence-electron chi connectivity index (χ3n) is 3.61. The molecule has 0 spiro atoms. The highest BCUT2D eigenvalue weighted by molar-refractivity contribution is 5.86. The van der Waals surface area contributed by atoms with Gasteiger partial charge in [-0.3, -0.25) is 4.68 Å². The van der Waals surface area contributed by atoms with E-state index in [1.807, 2.05) is 7.05 Å². The molecule has 1 fully saturated rings. The summed E-state index contributed by atoms with van der Waals surface area (Å²) in [4.78, 5) is 13.6. The highest BCUT2D eigenvalue weighted by atomic mass is 15.3. The lowest BCUT2D eigenvalue weighted by molar-refractivity contribution is 0.360. The maximum Gasteiger partial charge on any atom is 0.229 e. The second kappa shape index (κ2) is 4.65. The first-order valence-corrected chi connectivity index (χ1v) is 6.54. The van der Waals surface area contributed by atoms with Crippen LogP contribution in [0.3, 0.4) is 0 Å². The topological polar surface area (TPSA) is 76.1 Å². The molecule has 1 aliphatic heterocycles. The Kier molecular flexibility index (Phi) is 2.98. The number of nitrogen functional groups attached to an aromatic ring is 1. The fourth-order valence-corrected chi connectivity index (χ4v) is 2.42. The summed E-state index contributed by atoms with van der Waals surface area (Å²) in [6.45, 7) is 4.03. The van der Waals surface area contributed by atoms with Crippen molar-refractivity contribution in [1.29, 1.82) is 0 Å². The molecule has 0 atom stereocenters. The lowest BCUT2D eigenvalue weighted by atomic mass is 10.4. The first kappa shape index (κ1) is 12.2. The number of hydrogen-bond donors (Lipinski definition) is 1. The Balaban J connectivity index is 1.97. The van der Waals surface area contributed by atoms with Gasteiger partial charge in [-0.15, -0.1) is 0 Å². The van der Waals surface area contributed by atoms with Gasteiger partial charge in [0.25, 0.3) is 0 Å². The molecule has 0 aromatic carbocycles. The molecular formula is C12H19N7. The summed E-state index contributed by atoms with van der Waals surface area (Å²) in [5.41, 5.74) is 6.79. The molecule has 0 aliphatic carbocycles. The van der Waals surface area contributed by atoms with E-state index < -0.39 is 0 Å². The molecule has 0 unspecified atom stereocenters. The smallest absolute Gasteiger partial charge is 0.229 e. The van der Waals surface area contributed by atoms with Gasteiger partial charge in [0, 0.05) is 26.7 Å². The summed E-state index contributed by atoms with van der Waals surface area (Å²) in [5, 5.41) is 5.00. The minimum Gasteiger partial charge on any atom is -0.383 e. The zero-order chi connectivity index (χ0) is 13.4. The predicted octanol–water partition coefficient (Wildman–Crippen LogP) is 0.0874. The van der Waals surface area contributed by atoms with Crippen molar-refractivity contribution in [3.63, 3.8) is 0 Å². The number of aryl methyl sites for hydroxylation is 1. The zero-order valence-corrected chi connectivity index (χ0v) is 11.4. The van der Waals surface area contributed by atoms with Gasteiger partial charge in [0.15, 0.2) is 5.65 Å². The molecule has 7 heteroatoms. The molecule has 0 saturated carbocycles. The van der Waals surface area contributed by atoms with Crippen molar-refractivity contribution in [3.05, 3.63) is 6.20 Å². The summed E-state index contributed by atoms with van der Waals surface area (Å²) in [7, 11) is 4.01. The lowest BCUT2D eigenvalue weighted by Crippen LogP contribution is -2.30. The highest BCUT2D eigenvalue weighted by Gasteiger charge is 2.17. The van der Waals surface area contributed by atoms with Gasteiger partial charge >= 0.3 is 0 Å². The first-order valence-electron chi connectivity index (χ1n) is 6.54. The maximum atomic E-state index is 6.00. The molecule has 102 valence electrons. The normalized spacial score (nSPS) is 17.9. The minimum absolute atomic E-state index is 0.505. The molecule has 2 N–H and O–H groups in total. The SMILES string of the molecule is CN1CCCN(c2nc(N)c3cnn(C)c3n2)CC1. The van der Waals surface area contributed by atoms with Crippen LogP contribution in [0.1, 0.15) is 6.42 Å². The molecule has 1 aliphatic rings. The van der Waals surface area contributed by atoms with E-state index in [9.17, 15) is 0 Å². The molecular weight excluding hydrogens is 242 g/mol. The Morgan fingerprint density at radius 1 is 1.11 bits per heavy atom. The zero-order valence-electron chi connectivity index (χ0n) is 11.4. The van der Waals surface area contributed by atoms with E-state index in [-0.39, 0.29) is 0 Å². The van der Waals surface area contributed by atoms with Crippen molar-refractivity contribution in [2.24, 2.45) is 7.05 Å². The van der Waals surface area contributed by atoms with Crippen molar-refractivity contribution in [3.8, 4) is 0 Å². The van der Waals surface area contributed by atoms with Gasteiger partial charge in [0.2, 0.25) is 5.95 Å². The standard InChI is InChI=1S/C12H19N7/c1-17-4-3-5-19(7-6-17)12-15-10(13)9-8-14-18(2)11(9)16-12/h8H,3-7H2,1-2H3,(H2,13,15,16). The fraction of sp³-hybridized carbons (Fsp3) is 0.583. The van der Waals surface area contributed by atoms with Gasteiger partial charge in [0.1, 0.15) is 5.82 Å². The summed E-state index contributed by atoms with van der Waals surface area (Å²) in [6, 6.07) is 0.